The van der Waals surface area contributed by atoms with Crippen molar-refractivity contribution in [2.75, 3.05) is 6.54 Å². The van der Waals surface area contributed by atoms with Crippen LogP contribution in [0.2, 0.25) is 0 Å². The molecule has 0 fully saturated rings. The molecule has 0 aromatic carbocycles. The zero-order valence-electron chi connectivity index (χ0n) is 13.4. The molecule has 114 valence electrons. The second-order valence-corrected chi connectivity index (χ2v) is 5.43. The maximum atomic E-state index is 12.2. The molecule has 0 aliphatic rings. The van der Waals surface area contributed by atoms with Gasteiger partial charge < -0.3 is 5.32 Å². The van der Waals surface area contributed by atoms with Crippen molar-refractivity contribution in [3.8, 4) is 0 Å². The van der Waals surface area contributed by atoms with Crippen LogP contribution in [0.1, 0.15) is 39.6 Å². The second kappa shape index (κ2) is 6.11. The maximum absolute atomic E-state index is 12.2. The van der Waals surface area contributed by atoms with Gasteiger partial charge in [-0.15, -0.1) is 0 Å². The van der Waals surface area contributed by atoms with Crippen LogP contribution in [-0.4, -0.2) is 32.0 Å². The average molecular weight is 289 g/mol. The van der Waals surface area contributed by atoms with Crippen LogP contribution in [0.25, 0.3) is 0 Å². The first kappa shape index (κ1) is 15.3. The van der Waals surface area contributed by atoms with Crippen LogP contribution in [0.15, 0.2) is 6.07 Å². The SMILES string of the molecule is Cc1cc(C)n(CCCNC(=O)c2c(C)nn(C)c2C)n1. The summed E-state index contributed by atoms with van der Waals surface area (Å²) < 4.78 is 3.71. The molecular weight excluding hydrogens is 266 g/mol. The van der Waals surface area contributed by atoms with Crippen molar-refractivity contribution in [3.05, 3.63) is 34.4 Å². The third kappa shape index (κ3) is 3.32. The van der Waals surface area contributed by atoms with Gasteiger partial charge in [-0.05, 0) is 40.2 Å². The zero-order valence-corrected chi connectivity index (χ0v) is 13.4. The fraction of sp³-hybridized carbons (Fsp3) is 0.533. The summed E-state index contributed by atoms with van der Waals surface area (Å²) in [5.41, 5.74) is 4.52. The van der Waals surface area contributed by atoms with Crippen molar-refractivity contribution in [1.82, 2.24) is 24.9 Å². The Bertz CT molecular complexity index is 653. The summed E-state index contributed by atoms with van der Waals surface area (Å²) in [4.78, 5) is 12.2. The van der Waals surface area contributed by atoms with Crippen molar-refractivity contribution in [3.63, 3.8) is 0 Å². The molecule has 0 saturated carbocycles. The molecule has 0 unspecified atom stereocenters. The number of aryl methyl sites for hydroxylation is 5. The van der Waals surface area contributed by atoms with Crippen LogP contribution in [0.4, 0.5) is 0 Å². The highest BCUT2D eigenvalue weighted by Gasteiger charge is 2.16. The van der Waals surface area contributed by atoms with Crippen LogP contribution in [0.3, 0.4) is 0 Å². The number of nitrogens with zero attached hydrogens (tertiary/aromatic N) is 4. The van der Waals surface area contributed by atoms with Crippen LogP contribution < -0.4 is 5.32 Å². The van der Waals surface area contributed by atoms with Gasteiger partial charge in [-0.25, -0.2) is 0 Å². The van der Waals surface area contributed by atoms with E-state index < -0.39 is 0 Å². The predicted molar refractivity (Wildman–Crippen MR) is 81.3 cm³/mol. The van der Waals surface area contributed by atoms with Gasteiger partial charge in [-0.1, -0.05) is 0 Å². The third-order valence-corrected chi connectivity index (χ3v) is 3.67. The largest absolute Gasteiger partial charge is 0.352 e. The highest BCUT2D eigenvalue weighted by molar-refractivity contribution is 5.96. The van der Waals surface area contributed by atoms with E-state index in [-0.39, 0.29) is 5.91 Å². The van der Waals surface area contributed by atoms with Crippen molar-refractivity contribution in [2.45, 2.75) is 40.7 Å². The van der Waals surface area contributed by atoms with E-state index in [0.29, 0.717) is 12.1 Å². The number of carbonyl (C=O) groups is 1. The summed E-state index contributed by atoms with van der Waals surface area (Å²) in [5, 5.41) is 11.6. The molecule has 0 aliphatic carbocycles. The van der Waals surface area contributed by atoms with Gasteiger partial charge >= 0.3 is 0 Å². The molecule has 0 saturated heterocycles. The molecule has 21 heavy (non-hydrogen) atoms. The van der Waals surface area contributed by atoms with E-state index in [1.54, 1.807) is 4.68 Å². The van der Waals surface area contributed by atoms with Gasteiger partial charge in [0.2, 0.25) is 0 Å². The number of hydrogen-bond donors (Lipinski definition) is 1. The molecule has 6 nitrogen and oxygen atoms in total. The maximum Gasteiger partial charge on any atom is 0.255 e. The van der Waals surface area contributed by atoms with E-state index in [9.17, 15) is 4.79 Å². The summed E-state index contributed by atoms with van der Waals surface area (Å²) >= 11 is 0. The molecule has 1 amide bonds. The number of rotatable bonds is 5. The van der Waals surface area contributed by atoms with Crippen LogP contribution in [0, 0.1) is 27.7 Å². The number of hydrogen-bond acceptors (Lipinski definition) is 3. The standard InChI is InChI=1S/C15H23N5O/c1-10-9-11(2)20(17-10)8-6-7-16-15(21)14-12(3)18-19(5)13(14)4/h9H,6-8H2,1-5H3,(H,16,21). The molecule has 2 aromatic heterocycles. The van der Waals surface area contributed by atoms with E-state index in [2.05, 4.69) is 21.6 Å². The second-order valence-electron chi connectivity index (χ2n) is 5.43. The lowest BCUT2D eigenvalue weighted by molar-refractivity contribution is 0.0951. The van der Waals surface area contributed by atoms with Gasteiger partial charge in [0.1, 0.15) is 0 Å². The van der Waals surface area contributed by atoms with Gasteiger partial charge in [-0.3, -0.25) is 14.2 Å². The van der Waals surface area contributed by atoms with Crippen molar-refractivity contribution >= 4 is 5.91 Å². The molecule has 0 spiro atoms. The number of nitrogens with one attached hydrogen (secondary N) is 1. The molecule has 0 aliphatic heterocycles. The molecule has 2 rings (SSSR count). The van der Waals surface area contributed by atoms with E-state index in [1.165, 1.54) is 0 Å². The number of carbonyl (C=O) groups excluding carboxylic acids is 1. The summed E-state index contributed by atoms with van der Waals surface area (Å²) in [6.45, 7) is 9.23. The number of aromatic nitrogens is 4. The van der Waals surface area contributed by atoms with E-state index in [0.717, 1.165) is 35.7 Å². The van der Waals surface area contributed by atoms with Gasteiger partial charge in [0.05, 0.1) is 17.0 Å². The van der Waals surface area contributed by atoms with Crippen molar-refractivity contribution in [2.24, 2.45) is 7.05 Å². The smallest absolute Gasteiger partial charge is 0.255 e. The Hall–Kier alpha value is -2.11. The normalized spacial score (nSPS) is 10.9. The zero-order chi connectivity index (χ0) is 15.6. The first-order chi connectivity index (χ1) is 9.90. The molecule has 0 bridgehead atoms. The lowest BCUT2D eigenvalue weighted by atomic mass is 10.2. The minimum Gasteiger partial charge on any atom is -0.352 e. The monoisotopic (exact) mass is 289 g/mol. The van der Waals surface area contributed by atoms with Crippen molar-refractivity contribution in [1.29, 1.82) is 0 Å². The molecular formula is C15H23N5O. The Kier molecular flexibility index (Phi) is 4.45. The summed E-state index contributed by atoms with van der Waals surface area (Å²) in [5.74, 6) is -0.0496. The topological polar surface area (TPSA) is 64.7 Å². The fourth-order valence-corrected chi connectivity index (χ4v) is 2.52. The van der Waals surface area contributed by atoms with E-state index in [4.69, 9.17) is 0 Å². The van der Waals surface area contributed by atoms with E-state index in [1.807, 2.05) is 39.4 Å². The molecule has 1 N–H and O–H groups in total. The highest BCUT2D eigenvalue weighted by atomic mass is 16.1. The Labute approximate surface area is 125 Å². The first-order valence-corrected chi connectivity index (χ1v) is 7.19. The number of amides is 1. The Balaban J connectivity index is 1.86. The fourth-order valence-electron chi connectivity index (χ4n) is 2.52. The summed E-state index contributed by atoms with van der Waals surface area (Å²) in [6, 6.07) is 2.06. The Morgan fingerprint density at radius 1 is 1.24 bits per heavy atom. The minimum atomic E-state index is -0.0496. The molecule has 2 heterocycles. The van der Waals surface area contributed by atoms with Crippen molar-refractivity contribution < 1.29 is 4.79 Å². The van der Waals surface area contributed by atoms with Gasteiger partial charge in [-0.2, -0.15) is 10.2 Å². The quantitative estimate of drug-likeness (QED) is 0.852. The molecule has 0 radical (unpaired) electrons. The molecule has 6 heteroatoms. The average Bonchev–Trinajstić information content (AvgIpc) is 2.85. The Morgan fingerprint density at radius 2 is 1.95 bits per heavy atom. The van der Waals surface area contributed by atoms with Gasteiger partial charge in [0.25, 0.3) is 5.91 Å². The minimum absolute atomic E-state index is 0.0496. The van der Waals surface area contributed by atoms with Crippen LogP contribution >= 0.6 is 0 Å². The summed E-state index contributed by atoms with van der Waals surface area (Å²) in [6.07, 6.45) is 0.853. The van der Waals surface area contributed by atoms with E-state index >= 15 is 0 Å². The molecule has 2 aromatic rings. The first-order valence-electron chi connectivity index (χ1n) is 7.19. The lowest BCUT2D eigenvalue weighted by Crippen LogP contribution is -2.26. The van der Waals surface area contributed by atoms with Gasteiger partial charge in [0, 0.05) is 31.5 Å². The third-order valence-electron chi connectivity index (χ3n) is 3.67. The predicted octanol–water partition coefficient (Wildman–Crippen LogP) is 1.67. The van der Waals surface area contributed by atoms with Crippen LogP contribution in [-0.2, 0) is 13.6 Å². The van der Waals surface area contributed by atoms with Gasteiger partial charge in [0.15, 0.2) is 0 Å². The summed E-state index contributed by atoms with van der Waals surface area (Å²) in [7, 11) is 1.85. The Morgan fingerprint density at radius 3 is 2.48 bits per heavy atom. The highest BCUT2D eigenvalue weighted by Crippen LogP contribution is 2.11. The lowest BCUT2D eigenvalue weighted by Gasteiger charge is -2.07. The molecule has 0 atom stereocenters. The van der Waals surface area contributed by atoms with Crippen LogP contribution in [0.5, 0.6) is 0 Å².